The third kappa shape index (κ3) is 2.45. The van der Waals surface area contributed by atoms with E-state index in [4.69, 9.17) is 4.42 Å². The first kappa shape index (κ1) is 16.3. The maximum atomic E-state index is 11.8. The third-order valence-electron chi connectivity index (χ3n) is 5.26. The topological polar surface area (TPSA) is 63.3 Å². The summed E-state index contributed by atoms with van der Waals surface area (Å²) in [5, 5.41) is 18.3. The maximum Gasteiger partial charge on any atom is 0.179 e. The zero-order valence-electron chi connectivity index (χ0n) is 15.0. The number of aromatic nitrogens is 1. The lowest BCUT2D eigenvalue weighted by Crippen LogP contribution is -1.94. The molecule has 0 spiro atoms. The minimum absolute atomic E-state index is 0.0290. The standard InChI is InChI=1S/C24H13NO3S/c26-16-3-1-13-11-20-21(12-15(13)10-16)28-23-18-6-4-17(27)9-14(18)2-5-19(23)22(20)24-25-7-8-29-24/h1-12,27H. The van der Waals surface area contributed by atoms with Crippen LogP contribution in [0.15, 0.2) is 81.5 Å². The van der Waals surface area contributed by atoms with E-state index < -0.39 is 0 Å². The van der Waals surface area contributed by atoms with Crippen LogP contribution in [0.1, 0.15) is 0 Å². The monoisotopic (exact) mass is 395 g/mol. The highest BCUT2D eigenvalue weighted by atomic mass is 32.1. The molecule has 0 aliphatic heterocycles. The number of hydrogen-bond acceptors (Lipinski definition) is 5. The maximum absolute atomic E-state index is 11.8. The molecule has 0 saturated heterocycles. The van der Waals surface area contributed by atoms with Crippen molar-refractivity contribution in [2.75, 3.05) is 0 Å². The molecule has 5 heteroatoms. The predicted octanol–water partition coefficient (Wildman–Crippen LogP) is 6.08. The summed E-state index contributed by atoms with van der Waals surface area (Å²) in [7, 11) is 0. The summed E-state index contributed by atoms with van der Waals surface area (Å²) >= 11 is 1.58. The van der Waals surface area contributed by atoms with Crippen LogP contribution in [0.25, 0.3) is 54.1 Å². The highest BCUT2D eigenvalue weighted by Gasteiger charge is 2.17. The van der Waals surface area contributed by atoms with E-state index in [9.17, 15) is 9.90 Å². The van der Waals surface area contributed by atoms with Crippen molar-refractivity contribution in [2.24, 2.45) is 0 Å². The molecule has 0 fully saturated rings. The van der Waals surface area contributed by atoms with Crippen LogP contribution in [0, 0.1) is 0 Å². The number of thiazole rings is 1. The van der Waals surface area contributed by atoms with Gasteiger partial charge in [0, 0.05) is 33.3 Å². The SMILES string of the molecule is O=c1ccc2cc3c(-c4nccs4)c4ccc5cc(O)ccc5c4oc3cc2c1. The highest BCUT2D eigenvalue weighted by Crippen LogP contribution is 2.41. The molecule has 4 aromatic carbocycles. The van der Waals surface area contributed by atoms with Crippen LogP contribution in [0.2, 0.25) is 0 Å². The Hall–Kier alpha value is -3.70. The van der Waals surface area contributed by atoms with Gasteiger partial charge in [0.15, 0.2) is 5.43 Å². The van der Waals surface area contributed by atoms with Gasteiger partial charge in [-0.15, -0.1) is 11.3 Å². The van der Waals surface area contributed by atoms with Crippen molar-refractivity contribution in [2.45, 2.75) is 0 Å². The summed E-state index contributed by atoms with van der Waals surface area (Å²) in [6.07, 6.45) is 1.80. The van der Waals surface area contributed by atoms with Gasteiger partial charge in [-0.2, -0.15) is 0 Å². The summed E-state index contributed by atoms with van der Waals surface area (Å²) in [5.41, 5.74) is 2.41. The fraction of sp³-hybridized carbons (Fsp3) is 0. The van der Waals surface area contributed by atoms with Gasteiger partial charge in [-0.05, 0) is 64.7 Å². The van der Waals surface area contributed by atoms with E-state index in [0.717, 1.165) is 48.5 Å². The van der Waals surface area contributed by atoms with Gasteiger partial charge in [-0.25, -0.2) is 4.98 Å². The molecule has 29 heavy (non-hydrogen) atoms. The number of benzene rings is 4. The van der Waals surface area contributed by atoms with Gasteiger partial charge in [0.25, 0.3) is 0 Å². The van der Waals surface area contributed by atoms with E-state index in [1.807, 2.05) is 35.7 Å². The molecule has 4 nitrogen and oxygen atoms in total. The van der Waals surface area contributed by atoms with Crippen molar-refractivity contribution >= 4 is 54.8 Å². The van der Waals surface area contributed by atoms with Crippen LogP contribution in [0.4, 0.5) is 0 Å². The molecule has 0 amide bonds. The minimum atomic E-state index is -0.0290. The second-order valence-electron chi connectivity index (χ2n) is 7.02. The van der Waals surface area contributed by atoms with Gasteiger partial charge in [-0.3, -0.25) is 4.79 Å². The summed E-state index contributed by atoms with van der Waals surface area (Å²) in [6.45, 7) is 0. The van der Waals surface area contributed by atoms with E-state index >= 15 is 0 Å². The molecule has 0 aliphatic carbocycles. The van der Waals surface area contributed by atoms with E-state index in [1.54, 1.807) is 41.8 Å². The number of rotatable bonds is 1. The Labute approximate surface area is 168 Å². The Morgan fingerprint density at radius 2 is 1.69 bits per heavy atom. The van der Waals surface area contributed by atoms with Gasteiger partial charge in [0.05, 0.1) is 0 Å². The lowest BCUT2D eigenvalue weighted by molar-refractivity contribution is 0.476. The first-order valence-corrected chi connectivity index (χ1v) is 10.0. The molecule has 6 rings (SSSR count). The summed E-state index contributed by atoms with van der Waals surface area (Å²) in [5.74, 6) is 0.215. The van der Waals surface area contributed by atoms with Crippen LogP contribution >= 0.6 is 11.3 Å². The number of phenols is 1. The summed E-state index contributed by atoms with van der Waals surface area (Å²) in [6, 6.07) is 18.3. The molecule has 0 atom stereocenters. The Morgan fingerprint density at radius 1 is 0.828 bits per heavy atom. The molecule has 2 aromatic heterocycles. The van der Waals surface area contributed by atoms with Crippen molar-refractivity contribution in [1.29, 1.82) is 0 Å². The van der Waals surface area contributed by atoms with Gasteiger partial charge in [-0.1, -0.05) is 12.1 Å². The molecule has 0 bridgehead atoms. The van der Waals surface area contributed by atoms with Crippen molar-refractivity contribution < 1.29 is 9.52 Å². The van der Waals surface area contributed by atoms with Crippen LogP contribution < -0.4 is 5.43 Å². The van der Waals surface area contributed by atoms with Crippen molar-refractivity contribution in [3.05, 3.63) is 82.5 Å². The Morgan fingerprint density at radius 3 is 2.55 bits per heavy atom. The quantitative estimate of drug-likeness (QED) is 0.271. The highest BCUT2D eigenvalue weighted by molar-refractivity contribution is 7.13. The first-order valence-electron chi connectivity index (χ1n) is 9.13. The number of fused-ring (bicyclic) bond motifs is 5. The van der Waals surface area contributed by atoms with E-state index in [1.165, 1.54) is 0 Å². The largest absolute Gasteiger partial charge is 0.508 e. The second kappa shape index (κ2) is 5.90. The van der Waals surface area contributed by atoms with Crippen LogP contribution in [-0.4, -0.2) is 10.1 Å². The van der Waals surface area contributed by atoms with Crippen LogP contribution in [0.3, 0.4) is 0 Å². The number of nitrogens with zero attached hydrogens (tertiary/aromatic N) is 1. The number of hydrogen-bond donors (Lipinski definition) is 1. The van der Waals surface area contributed by atoms with Gasteiger partial charge >= 0.3 is 0 Å². The molecule has 0 unspecified atom stereocenters. The predicted molar refractivity (Wildman–Crippen MR) is 118 cm³/mol. The zero-order chi connectivity index (χ0) is 19.5. The fourth-order valence-electron chi connectivity index (χ4n) is 3.96. The minimum Gasteiger partial charge on any atom is -0.508 e. The van der Waals surface area contributed by atoms with Gasteiger partial charge in [0.1, 0.15) is 21.9 Å². The lowest BCUT2D eigenvalue weighted by atomic mass is 9.98. The summed E-state index contributed by atoms with van der Waals surface area (Å²) < 4.78 is 6.38. The van der Waals surface area contributed by atoms with E-state index in [-0.39, 0.29) is 11.2 Å². The first-order chi connectivity index (χ1) is 14.2. The smallest absolute Gasteiger partial charge is 0.179 e. The number of phenolic OH excluding ortho intramolecular Hbond substituents is 1. The van der Waals surface area contributed by atoms with Crippen LogP contribution in [-0.2, 0) is 0 Å². The van der Waals surface area contributed by atoms with Gasteiger partial charge < -0.3 is 9.52 Å². The average Bonchev–Trinajstić information content (AvgIpc) is 3.24. The molecule has 138 valence electrons. The van der Waals surface area contributed by atoms with Crippen LogP contribution in [0.5, 0.6) is 5.75 Å². The fourth-order valence-corrected chi connectivity index (χ4v) is 4.67. The Balaban J connectivity index is 1.87. The average molecular weight is 395 g/mol. The van der Waals surface area contributed by atoms with Crippen molar-refractivity contribution in [1.82, 2.24) is 4.98 Å². The molecule has 0 radical (unpaired) electrons. The van der Waals surface area contributed by atoms with Crippen molar-refractivity contribution in [3.8, 4) is 16.3 Å². The lowest BCUT2D eigenvalue weighted by Gasteiger charge is -2.12. The zero-order valence-corrected chi connectivity index (χ0v) is 15.9. The van der Waals surface area contributed by atoms with E-state index in [2.05, 4.69) is 11.1 Å². The molecular weight excluding hydrogens is 382 g/mol. The Bertz CT molecular complexity index is 1630. The Kier molecular flexibility index (Phi) is 3.31. The normalized spacial score (nSPS) is 11.7. The molecule has 0 saturated carbocycles. The van der Waals surface area contributed by atoms with E-state index in [0.29, 0.717) is 5.58 Å². The summed E-state index contributed by atoms with van der Waals surface area (Å²) in [4.78, 5) is 16.4. The van der Waals surface area contributed by atoms with Crippen molar-refractivity contribution in [3.63, 3.8) is 0 Å². The molecule has 0 aliphatic rings. The molecule has 6 aromatic rings. The second-order valence-corrected chi connectivity index (χ2v) is 7.91. The molecule has 1 N–H and O–H groups in total. The molecular formula is C24H13NO3S. The number of aromatic hydroxyl groups is 1. The molecule has 2 heterocycles. The van der Waals surface area contributed by atoms with Gasteiger partial charge in [0.2, 0.25) is 0 Å². The third-order valence-corrected chi connectivity index (χ3v) is 6.05.